The van der Waals surface area contributed by atoms with Crippen molar-refractivity contribution in [3.63, 3.8) is 0 Å². The van der Waals surface area contributed by atoms with Crippen molar-refractivity contribution in [3.8, 4) is 11.9 Å². The molecule has 1 aromatic heterocycles. The zero-order valence-electron chi connectivity index (χ0n) is 23.2. The van der Waals surface area contributed by atoms with Gasteiger partial charge in [0, 0.05) is 44.3 Å². The van der Waals surface area contributed by atoms with Crippen LogP contribution in [0.25, 0.3) is 0 Å². The number of carbonyl (C=O) groups excluding carboxylic acids is 1. The molecule has 42 heavy (non-hydrogen) atoms. The van der Waals surface area contributed by atoms with Crippen molar-refractivity contribution in [1.29, 1.82) is 5.26 Å². The fourth-order valence-electron chi connectivity index (χ4n) is 6.02. The van der Waals surface area contributed by atoms with Gasteiger partial charge in [-0.15, -0.1) is 0 Å². The number of ether oxygens (including phenoxy) is 1. The minimum atomic E-state index is -4.90. The lowest BCUT2D eigenvalue weighted by molar-refractivity contribution is -0.139. The summed E-state index contributed by atoms with van der Waals surface area (Å²) in [4.78, 5) is 23.6. The van der Waals surface area contributed by atoms with E-state index in [4.69, 9.17) is 4.74 Å². The van der Waals surface area contributed by atoms with Crippen LogP contribution in [0.3, 0.4) is 0 Å². The van der Waals surface area contributed by atoms with Gasteiger partial charge < -0.3 is 24.3 Å². The summed E-state index contributed by atoms with van der Waals surface area (Å²) in [7, 11) is 1.99. The summed E-state index contributed by atoms with van der Waals surface area (Å²) < 4.78 is 75.5. The molecular weight excluding hydrogens is 559 g/mol. The number of amides is 1. The van der Waals surface area contributed by atoms with Gasteiger partial charge in [-0.05, 0) is 45.0 Å². The number of hydrogen-bond acceptors (Lipinski definition) is 7. The van der Waals surface area contributed by atoms with E-state index in [9.17, 15) is 32.0 Å². The molecule has 1 amide bonds. The lowest BCUT2D eigenvalue weighted by Crippen LogP contribution is -2.49. The van der Waals surface area contributed by atoms with Crippen LogP contribution in [-0.2, 0) is 23.9 Å². The van der Waals surface area contributed by atoms with Crippen LogP contribution >= 0.6 is 0 Å². The summed E-state index contributed by atoms with van der Waals surface area (Å²) in [6, 6.07) is 5.61. The summed E-state index contributed by atoms with van der Waals surface area (Å²) in [5.41, 5.74) is 0.260. The first-order valence-corrected chi connectivity index (χ1v) is 13.8. The highest BCUT2D eigenvalue weighted by molar-refractivity contribution is 5.90. The number of likely N-dealkylation sites (tertiary alicyclic amines) is 1. The van der Waals surface area contributed by atoms with Crippen molar-refractivity contribution in [2.75, 3.05) is 62.7 Å². The molecule has 0 spiro atoms. The summed E-state index contributed by atoms with van der Waals surface area (Å²) >= 11 is 0. The second-order valence-electron chi connectivity index (χ2n) is 10.8. The molecule has 2 saturated heterocycles. The molecule has 3 aliphatic rings. The first kappa shape index (κ1) is 29.6. The Kier molecular flexibility index (Phi) is 8.28. The monoisotopic (exact) mass is 590 g/mol. The molecule has 13 heteroatoms. The van der Waals surface area contributed by atoms with E-state index < -0.39 is 29.3 Å². The molecule has 0 aliphatic carbocycles. The van der Waals surface area contributed by atoms with Gasteiger partial charge in [-0.1, -0.05) is 12.6 Å². The van der Waals surface area contributed by atoms with Crippen molar-refractivity contribution in [3.05, 3.63) is 58.8 Å². The van der Waals surface area contributed by atoms with Crippen LogP contribution in [0.2, 0.25) is 0 Å². The smallest absolute Gasteiger partial charge is 0.421 e. The van der Waals surface area contributed by atoms with Crippen LogP contribution in [0.15, 0.2) is 30.6 Å². The Morgan fingerprint density at radius 1 is 1.17 bits per heavy atom. The van der Waals surface area contributed by atoms with Crippen molar-refractivity contribution >= 4 is 17.3 Å². The predicted molar refractivity (Wildman–Crippen MR) is 145 cm³/mol. The molecule has 2 fully saturated rings. The Bertz CT molecular complexity index is 1420. The van der Waals surface area contributed by atoms with Gasteiger partial charge in [0.15, 0.2) is 5.83 Å². The molecule has 2 aromatic rings. The van der Waals surface area contributed by atoms with Crippen LogP contribution in [0.1, 0.15) is 35.2 Å². The van der Waals surface area contributed by atoms with Gasteiger partial charge in [0.1, 0.15) is 29.6 Å². The third-order valence-corrected chi connectivity index (χ3v) is 8.22. The first-order valence-electron chi connectivity index (χ1n) is 13.8. The molecular formula is C29H31F5N6O2. The summed E-state index contributed by atoms with van der Waals surface area (Å²) in [6.45, 7) is 5.32. The third kappa shape index (κ3) is 5.72. The number of halogens is 5. The van der Waals surface area contributed by atoms with Crippen molar-refractivity contribution < 1.29 is 31.5 Å². The Morgan fingerprint density at radius 3 is 2.52 bits per heavy atom. The maximum atomic E-state index is 14.4. The minimum Gasteiger partial charge on any atom is -0.475 e. The van der Waals surface area contributed by atoms with Gasteiger partial charge in [0.05, 0.1) is 23.6 Å². The van der Waals surface area contributed by atoms with Crippen LogP contribution in [-0.4, -0.2) is 79.7 Å². The van der Waals surface area contributed by atoms with E-state index in [2.05, 4.69) is 22.5 Å². The van der Waals surface area contributed by atoms with Crippen LogP contribution in [0, 0.1) is 17.1 Å². The van der Waals surface area contributed by atoms with Gasteiger partial charge >= 0.3 is 6.18 Å². The SMILES string of the molecule is C=C(F)C(=O)N1CCN(c2c(C#N)c(OCC3CCCN3C)nc3c2CCN(c2cccc(F)c2C(F)(F)F)C3)CC1. The predicted octanol–water partition coefficient (Wildman–Crippen LogP) is 4.28. The number of rotatable bonds is 6. The summed E-state index contributed by atoms with van der Waals surface area (Å²) in [5.74, 6) is -3.11. The Balaban J connectivity index is 1.52. The molecule has 5 rings (SSSR count). The molecule has 1 aromatic carbocycles. The van der Waals surface area contributed by atoms with Crippen molar-refractivity contribution in [1.82, 2.24) is 14.8 Å². The van der Waals surface area contributed by atoms with Gasteiger partial charge in [-0.2, -0.15) is 18.4 Å². The van der Waals surface area contributed by atoms with Gasteiger partial charge in [-0.3, -0.25) is 4.79 Å². The van der Waals surface area contributed by atoms with E-state index >= 15 is 0 Å². The molecule has 1 unspecified atom stereocenters. The average molecular weight is 591 g/mol. The van der Waals surface area contributed by atoms with E-state index in [1.54, 1.807) is 0 Å². The van der Waals surface area contributed by atoms with Crippen LogP contribution in [0.4, 0.5) is 33.3 Å². The Hall–Kier alpha value is -3.92. The number of carbonyl (C=O) groups is 1. The zero-order chi connectivity index (χ0) is 30.2. The second kappa shape index (κ2) is 11.8. The standard InChI is InChI=1S/C29H31F5N6O2/c1-18(30)28(41)39-13-11-38(12-14-39)26-20-8-10-40(24-7-3-6-22(31)25(24)29(32,33)34)16-23(20)36-27(21(26)15-35)42-17-19-5-4-9-37(19)2/h3,6-7,19H,1,4-5,8-14,16-17H2,2H3. The molecule has 0 radical (unpaired) electrons. The second-order valence-corrected chi connectivity index (χ2v) is 10.8. The highest BCUT2D eigenvalue weighted by Gasteiger charge is 2.40. The van der Waals surface area contributed by atoms with Gasteiger partial charge in [0.2, 0.25) is 5.88 Å². The highest BCUT2D eigenvalue weighted by Crippen LogP contribution is 2.42. The fourth-order valence-corrected chi connectivity index (χ4v) is 6.02. The van der Waals surface area contributed by atoms with E-state index in [0.29, 0.717) is 30.0 Å². The number of piperazine rings is 1. The van der Waals surface area contributed by atoms with Gasteiger partial charge in [-0.25, -0.2) is 13.8 Å². The highest BCUT2D eigenvalue weighted by atomic mass is 19.4. The normalized spacial score (nSPS) is 19.5. The molecule has 1 atom stereocenters. The minimum absolute atomic E-state index is 0.0552. The third-order valence-electron chi connectivity index (χ3n) is 8.22. The lowest BCUT2D eigenvalue weighted by Gasteiger charge is -2.39. The van der Waals surface area contributed by atoms with E-state index in [0.717, 1.165) is 25.5 Å². The molecule has 0 bridgehead atoms. The van der Waals surface area contributed by atoms with E-state index in [-0.39, 0.29) is 62.4 Å². The number of aromatic nitrogens is 1. The number of fused-ring (bicyclic) bond motifs is 1. The topological polar surface area (TPSA) is 75.9 Å². The number of nitrogens with zero attached hydrogens (tertiary/aromatic N) is 6. The van der Waals surface area contributed by atoms with E-state index in [1.807, 2.05) is 11.9 Å². The average Bonchev–Trinajstić information content (AvgIpc) is 3.38. The van der Waals surface area contributed by atoms with Crippen LogP contribution in [0.5, 0.6) is 5.88 Å². The quantitative estimate of drug-likeness (QED) is 0.367. The largest absolute Gasteiger partial charge is 0.475 e. The number of hydrogen-bond donors (Lipinski definition) is 0. The summed E-state index contributed by atoms with van der Waals surface area (Å²) in [5, 5.41) is 10.3. The number of likely N-dealkylation sites (N-methyl/N-ethyl adjacent to an activating group) is 1. The number of anilines is 2. The Labute approximate surface area is 240 Å². The maximum absolute atomic E-state index is 14.4. The molecule has 8 nitrogen and oxygen atoms in total. The number of benzene rings is 1. The fraction of sp³-hybridized carbons (Fsp3) is 0.483. The molecule has 3 aliphatic heterocycles. The molecule has 4 heterocycles. The zero-order valence-corrected chi connectivity index (χ0v) is 23.2. The number of nitriles is 1. The lowest BCUT2D eigenvalue weighted by atomic mass is 9.97. The van der Waals surface area contributed by atoms with E-state index in [1.165, 1.54) is 21.9 Å². The number of alkyl halides is 3. The Morgan fingerprint density at radius 2 is 1.90 bits per heavy atom. The van der Waals surface area contributed by atoms with Crippen molar-refractivity contribution in [2.45, 2.75) is 38.0 Å². The summed E-state index contributed by atoms with van der Waals surface area (Å²) in [6.07, 6.45) is -2.73. The molecule has 0 saturated carbocycles. The van der Waals surface area contributed by atoms with Crippen LogP contribution < -0.4 is 14.5 Å². The number of pyridine rings is 1. The first-order chi connectivity index (χ1) is 20.0. The maximum Gasteiger partial charge on any atom is 0.421 e. The van der Waals surface area contributed by atoms with Gasteiger partial charge in [0.25, 0.3) is 5.91 Å². The van der Waals surface area contributed by atoms with Crippen molar-refractivity contribution in [2.24, 2.45) is 0 Å². The molecule has 0 N–H and O–H groups in total. The molecule has 224 valence electrons.